The molecule has 0 aliphatic heterocycles. The maximum absolute atomic E-state index is 12.5. The number of nitrogens with two attached hydrogens (primary N) is 1. The molecule has 2 aromatic rings. The Kier molecular flexibility index (Phi) is 3.90. The molecule has 0 heterocycles. The van der Waals surface area contributed by atoms with Crippen LogP contribution in [0.25, 0.3) is 0 Å². The molecule has 0 aromatic heterocycles. The Balaban J connectivity index is 2.47. The van der Waals surface area contributed by atoms with E-state index >= 15 is 0 Å². The lowest BCUT2D eigenvalue weighted by atomic mass is 9.98. The third-order valence-electron chi connectivity index (χ3n) is 2.91. The first kappa shape index (κ1) is 13.6. The number of hydrogen-bond acceptors (Lipinski definition) is 3. The number of carbonyl (C=O) groups excluding carboxylic acids is 1. The first-order valence-electron chi connectivity index (χ1n) is 5.77. The summed E-state index contributed by atoms with van der Waals surface area (Å²) in [6.07, 6.45) is 0. The number of benzene rings is 2. The summed E-state index contributed by atoms with van der Waals surface area (Å²) in [7, 11) is 1.60. The number of carbonyl (C=O) groups is 1. The van der Waals surface area contributed by atoms with Crippen molar-refractivity contribution in [2.45, 2.75) is 6.92 Å². The lowest BCUT2D eigenvalue weighted by molar-refractivity contribution is 0.103. The Bertz CT molecular complexity index is 638. The first-order valence-corrected chi connectivity index (χ1v) is 6.56. The average molecular weight is 320 g/mol. The molecule has 0 saturated carbocycles. The van der Waals surface area contributed by atoms with E-state index in [2.05, 4.69) is 15.9 Å². The fourth-order valence-corrected chi connectivity index (χ4v) is 2.31. The number of ether oxygens (including phenoxy) is 1. The molecule has 2 N–H and O–H groups in total. The molecule has 0 spiro atoms. The number of halogens is 1. The fraction of sp³-hybridized carbons (Fsp3) is 0.133. The van der Waals surface area contributed by atoms with Gasteiger partial charge in [-0.1, -0.05) is 15.9 Å². The van der Waals surface area contributed by atoms with Gasteiger partial charge in [-0.3, -0.25) is 4.79 Å². The summed E-state index contributed by atoms with van der Waals surface area (Å²) in [5.41, 5.74) is 8.38. The van der Waals surface area contributed by atoms with Crippen molar-refractivity contribution in [1.82, 2.24) is 0 Å². The van der Waals surface area contributed by atoms with E-state index in [4.69, 9.17) is 10.5 Å². The highest BCUT2D eigenvalue weighted by Gasteiger charge is 2.15. The normalized spacial score (nSPS) is 10.3. The molecule has 0 bridgehead atoms. The number of rotatable bonds is 3. The van der Waals surface area contributed by atoms with Crippen LogP contribution in [0.4, 0.5) is 5.69 Å². The summed E-state index contributed by atoms with van der Waals surface area (Å²) < 4.78 is 5.88. The molecule has 0 aliphatic carbocycles. The third kappa shape index (κ3) is 2.79. The second-order valence-corrected chi connectivity index (χ2v) is 5.10. The molecule has 98 valence electrons. The van der Waals surface area contributed by atoms with Gasteiger partial charge in [-0.05, 0) is 48.9 Å². The molecule has 2 aromatic carbocycles. The number of aryl methyl sites for hydroxylation is 1. The quantitative estimate of drug-likeness (QED) is 0.695. The van der Waals surface area contributed by atoms with E-state index < -0.39 is 0 Å². The number of ketones is 1. The Labute approximate surface area is 120 Å². The van der Waals surface area contributed by atoms with Gasteiger partial charge in [0.1, 0.15) is 5.75 Å². The fourth-order valence-electron chi connectivity index (χ4n) is 1.88. The summed E-state index contributed by atoms with van der Waals surface area (Å²) in [5, 5.41) is 0. The molecule has 0 radical (unpaired) electrons. The molecule has 2 rings (SSSR count). The van der Waals surface area contributed by atoms with Crippen molar-refractivity contribution in [3.05, 3.63) is 57.6 Å². The number of nitrogen functional groups attached to an aromatic ring is 1. The van der Waals surface area contributed by atoms with Gasteiger partial charge in [0.15, 0.2) is 5.78 Å². The van der Waals surface area contributed by atoms with Crippen molar-refractivity contribution in [3.8, 4) is 5.75 Å². The van der Waals surface area contributed by atoms with Crippen LogP contribution in [0.1, 0.15) is 21.5 Å². The highest BCUT2D eigenvalue weighted by molar-refractivity contribution is 9.10. The molecule has 0 unspecified atom stereocenters. The lowest BCUT2D eigenvalue weighted by Gasteiger charge is -2.09. The Morgan fingerprint density at radius 2 is 1.89 bits per heavy atom. The van der Waals surface area contributed by atoms with Gasteiger partial charge in [-0.25, -0.2) is 0 Å². The molecular formula is C15H14BrNO2. The smallest absolute Gasteiger partial charge is 0.194 e. The van der Waals surface area contributed by atoms with Crippen LogP contribution < -0.4 is 10.5 Å². The van der Waals surface area contributed by atoms with Gasteiger partial charge in [-0.2, -0.15) is 0 Å². The average Bonchev–Trinajstić information content (AvgIpc) is 2.40. The largest absolute Gasteiger partial charge is 0.497 e. The maximum atomic E-state index is 12.5. The van der Waals surface area contributed by atoms with Gasteiger partial charge in [0, 0.05) is 21.3 Å². The van der Waals surface area contributed by atoms with Gasteiger partial charge in [-0.15, -0.1) is 0 Å². The van der Waals surface area contributed by atoms with E-state index in [1.54, 1.807) is 37.4 Å². The van der Waals surface area contributed by atoms with E-state index in [9.17, 15) is 4.79 Å². The topological polar surface area (TPSA) is 52.3 Å². The summed E-state index contributed by atoms with van der Waals surface area (Å²) >= 11 is 3.38. The van der Waals surface area contributed by atoms with Crippen molar-refractivity contribution in [3.63, 3.8) is 0 Å². The summed E-state index contributed by atoms with van der Waals surface area (Å²) in [6, 6.07) is 10.6. The summed E-state index contributed by atoms with van der Waals surface area (Å²) in [4.78, 5) is 12.5. The standard InChI is InChI=1S/C15H14BrNO2/c1-9-7-11(19-2)4-5-12(9)15(18)13-8-10(17)3-6-14(13)16/h3-8H,17H2,1-2H3. The van der Waals surface area contributed by atoms with Gasteiger partial charge < -0.3 is 10.5 Å². The monoisotopic (exact) mass is 319 g/mol. The minimum atomic E-state index is -0.0562. The molecule has 3 nitrogen and oxygen atoms in total. The van der Waals surface area contributed by atoms with E-state index in [1.165, 1.54) is 0 Å². The molecule has 0 atom stereocenters. The summed E-state index contributed by atoms with van der Waals surface area (Å²) in [5.74, 6) is 0.681. The van der Waals surface area contributed by atoms with E-state index in [-0.39, 0.29) is 5.78 Å². The first-order chi connectivity index (χ1) is 9.02. The predicted octanol–water partition coefficient (Wildman–Crippen LogP) is 3.58. The second-order valence-electron chi connectivity index (χ2n) is 4.25. The van der Waals surface area contributed by atoms with Crippen molar-refractivity contribution < 1.29 is 9.53 Å². The van der Waals surface area contributed by atoms with Crippen LogP contribution in [0.2, 0.25) is 0 Å². The van der Waals surface area contributed by atoms with E-state index in [0.717, 1.165) is 15.8 Å². The molecule has 0 amide bonds. The Morgan fingerprint density at radius 1 is 1.16 bits per heavy atom. The molecule has 4 heteroatoms. The number of methoxy groups -OCH3 is 1. The minimum absolute atomic E-state index is 0.0562. The highest BCUT2D eigenvalue weighted by atomic mass is 79.9. The second kappa shape index (κ2) is 5.45. The molecule has 0 saturated heterocycles. The van der Waals surface area contributed by atoms with Crippen molar-refractivity contribution in [2.24, 2.45) is 0 Å². The van der Waals surface area contributed by atoms with E-state index in [0.29, 0.717) is 16.8 Å². The minimum Gasteiger partial charge on any atom is -0.497 e. The van der Waals surface area contributed by atoms with Crippen LogP contribution in [0.15, 0.2) is 40.9 Å². The zero-order valence-electron chi connectivity index (χ0n) is 10.7. The van der Waals surface area contributed by atoms with Crippen LogP contribution >= 0.6 is 15.9 Å². The SMILES string of the molecule is COc1ccc(C(=O)c2cc(N)ccc2Br)c(C)c1. The lowest BCUT2D eigenvalue weighted by Crippen LogP contribution is -2.05. The Hall–Kier alpha value is -1.81. The van der Waals surface area contributed by atoms with Gasteiger partial charge >= 0.3 is 0 Å². The molecule has 0 fully saturated rings. The van der Waals surface area contributed by atoms with Gasteiger partial charge in [0.2, 0.25) is 0 Å². The van der Waals surface area contributed by atoms with Crippen LogP contribution in [0.3, 0.4) is 0 Å². The molecular weight excluding hydrogens is 306 g/mol. The number of anilines is 1. The zero-order chi connectivity index (χ0) is 14.0. The maximum Gasteiger partial charge on any atom is 0.194 e. The van der Waals surface area contributed by atoms with Crippen LogP contribution in [0.5, 0.6) is 5.75 Å². The number of hydrogen-bond donors (Lipinski definition) is 1. The van der Waals surface area contributed by atoms with Crippen LogP contribution in [-0.2, 0) is 0 Å². The van der Waals surface area contributed by atoms with Crippen LogP contribution in [-0.4, -0.2) is 12.9 Å². The van der Waals surface area contributed by atoms with E-state index in [1.807, 2.05) is 13.0 Å². The third-order valence-corrected chi connectivity index (χ3v) is 3.60. The van der Waals surface area contributed by atoms with Gasteiger partial charge in [0.05, 0.1) is 7.11 Å². The summed E-state index contributed by atoms with van der Waals surface area (Å²) in [6.45, 7) is 1.88. The van der Waals surface area contributed by atoms with Crippen molar-refractivity contribution >= 4 is 27.4 Å². The Morgan fingerprint density at radius 3 is 2.53 bits per heavy atom. The van der Waals surface area contributed by atoms with Crippen molar-refractivity contribution in [2.75, 3.05) is 12.8 Å². The van der Waals surface area contributed by atoms with Gasteiger partial charge in [0.25, 0.3) is 0 Å². The predicted molar refractivity (Wildman–Crippen MR) is 79.7 cm³/mol. The van der Waals surface area contributed by atoms with Crippen LogP contribution in [0, 0.1) is 6.92 Å². The highest BCUT2D eigenvalue weighted by Crippen LogP contribution is 2.25. The molecule has 0 aliphatic rings. The van der Waals surface area contributed by atoms with Crippen molar-refractivity contribution in [1.29, 1.82) is 0 Å². The molecule has 19 heavy (non-hydrogen) atoms. The zero-order valence-corrected chi connectivity index (χ0v) is 12.3.